The highest BCUT2D eigenvalue weighted by Crippen LogP contribution is 2.32. The van der Waals surface area contributed by atoms with Crippen molar-refractivity contribution in [3.05, 3.63) is 35.0 Å². The molecule has 0 saturated heterocycles. The predicted molar refractivity (Wildman–Crippen MR) is 73.2 cm³/mol. The lowest BCUT2D eigenvalue weighted by Gasteiger charge is -2.23. The van der Waals surface area contributed by atoms with E-state index < -0.39 is 11.4 Å². The smallest absolute Gasteiger partial charge is 0.304 e. The Morgan fingerprint density at radius 2 is 2.11 bits per heavy atom. The maximum absolute atomic E-state index is 10.9. The van der Waals surface area contributed by atoms with E-state index in [1.165, 1.54) is 0 Å². The molecule has 0 saturated carbocycles. The van der Waals surface area contributed by atoms with Gasteiger partial charge in [-0.2, -0.15) is 0 Å². The van der Waals surface area contributed by atoms with Gasteiger partial charge in [0.1, 0.15) is 0 Å². The second kappa shape index (κ2) is 4.32. The number of rotatable bonds is 3. The van der Waals surface area contributed by atoms with Crippen LogP contribution in [0.2, 0.25) is 5.02 Å². The van der Waals surface area contributed by atoms with Crippen molar-refractivity contribution in [2.45, 2.75) is 25.7 Å². The van der Waals surface area contributed by atoms with Crippen molar-refractivity contribution in [2.24, 2.45) is 7.05 Å². The third kappa shape index (κ3) is 2.23. The van der Waals surface area contributed by atoms with Gasteiger partial charge in [-0.1, -0.05) is 37.6 Å². The number of halogens is 1. The van der Waals surface area contributed by atoms with Crippen LogP contribution in [0, 0.1) is 0 Å². The molecule has 0 radical (unpaired) electrons. The van der Waals surface area contributed by atoms with Crippen LogP contribution in [0.1, 0.15) is 25.8 Å². The molecule has 0 spiro atoms. The van der Waals surface area contributed by atoms with Gasteiger partial charge >= 0.3 is 5.97 Å². The molecular formula is C14H16ClNO2. The standard InChI is InChI=1S/C14H16ClNO2/c1-14(2,7-13(17)18)9-4-5-10-11(15)8-16(3)12(10)6-9/h4-6,8H,7H2,1-3H3,(H,17,18). The van der Waals surface area contributed by atoms with Crippen LogP contribution >= 0.6 is 11.6 Å². The number of fused-ring (bicyclic) bond motifs is 1. The molecule has 0 amide bonds. The number of carbonyl (C=O) groups is 1. The lowest BCUT2D eigenvalue weighted by atomic mass is 9.81. The van der Waals surface area contributed by atoms with Crippen LogP contribution in [-0.4, -0.2) is 15.6 Å². The molecule has 3 nitrogen and oxygen atoms in total. The molecule has 0 aliphatic heterocycles. The van der Waals surface area contributed by atoms with E-state index in [0.29, 0.717) is 0 Å². The predicted octanol–water partition coefficient (Wildman–Crippen LogP) is 3.58. The highest BCUT2D eigenvalue weighted by molar-refractivity contribution is 6.35. The minimum Gasteiger partial charge on any atom is -0.481 e. The van der Waals surface area contributed by atoms with Crippen molar-refractivity contribution in [3.63, 3.8) is 0 Å². The van der Waals surface area contributed by atoms with Crippen LogP contribution in [-0.2, 0) is 17.3 Å². The fourth-order valence-electron chi connectivity index (χ4n) is 2.24. The molecule has 0 atom stereocenters. The average Bonchev–Trinajstić information content (AvgIpc) is 2.53. The summed E-state index contributed by atoms with van der Waals surface area (Å²) >= 11 is 6.11. The van der Waals surface area contributed by atoms with Crippen molar-refractivity contribution < 1.29 is 9.90 Å². The first kappa shape index (κ1) is 13.0. The first-order valence-electron chi connectivity index (χ1n) is 5.78. The number of nitrogens with zero attached hydrogens (tertiary/aromatic N) is 1. The third-order valence-corrected chi connectivity index (χ3v) is 3.62. The van der Waals surface area contributed by atoms with Gasteiger partial charge in [0.05, 0.1) is 11.4 Å². The lowest BCUT2D eigenvalue weighted by molar-refractivity contribution is -0.138. The number of benzene rings is 1. The average molecular weight is 266 g/mol. The van der Waals surface area contributed by atoms with Crippen LogP contribution in [0.3, 0.4) is 0 Å². The molecular weight excluding hydrogens is 250 g/mol. The fraction of sp³-hybridized carbons (Fsp3) is 0.357. The molecule has 96 valence electrons. The summed E-state index contributed by atoms with van der Waals surface area (Å²) in [5, 5.41) is 10.7. The summed E-state index contributed by atoms with van der Waals surface area (Å²) in [4.78, 5) is 10.9. The van der Waals surface area contributed by atoms with E-state index in [9.17, 15) is 4.79 Å². The molecule has 1 N–H and O–H groups in total. The molecule has 18 heavy (non-hydrogen) atoms. The van der Waals surface area contributed by atoms with Crippen LogP contribution < -0.4 is 0 Å². The normalized spacial score (nSPS) is 12.0. The summed E-state index contributed by atoms with van der Waals surface area (Å²) in [5.74, 6) is -0.787. The van der Waals surface area contributed by atoms with Gasteiger partial charge in [0.15, 0.2) is 0 Å². The number of aryl methyl sites for hydroxylation is 1. The number of aromatic nitrogens is 1. The van der Waals surface area contributed by atoms with E-state index in [4.69, 9.17) is 16.7 Å². The van der Waals surface area contributed by atoms with Crippen LogP contribution in [0.15, 0.2) is 24.4 Å². The van der Waals surface area contributed by atoms with Gasteiger partial charge in [0.25, 0.3) is 0 Å². The number of hydrogen-bond acceptors (Lipinski definition) is 1. The number of carboxylic acids is 1. The fourth-order valence-corrected chi connectivity index (χ4v) is 2.54. The molecule has 0 aliphatic carbocycles. The molecule has 0 fully saturated rings. The second-order valence-electron chi connectivity index (χ2n) is 5.27. The summed E-state index contributed by atoms with van der Waals surface area (Å²) < 4.78 is 1.96. The minimum absolute atomic E-state index is 0.108. The van der Waals surface area contributed by atoms with E-state index in [1.54, 1.807) is 0 Å². The van der Waals surface area contributed by atoms with Crippen LogP contribution in [0.5, 0.6) is 0 Å². The van der Waals surface area contributed by atoms with E-state index in [2.05, 4.69) is 0 Å². The maximum Gasteiger partial charge on any atom is 0.304 e. The summed E-state index contributed by atoms with van der Waals surface area (Å²) in [6, 6.07) is 5.93. The van der Waals surface area contributed by atoms with E-state index in [-0.39, 0.29) is 6.42 Å². The molecule has 2 aromatic rings. The summed E-state index contributed by atoms with van der Waals surface area (Å²) in [6.07, 6.45) is 1.97. The van der Waals surface area contributed by atoms with E-state index in [1.807, 2.05) is 49.9 Å². The Morgan fingerprint density at radius 3 is 2.72 bits per heavy atom. The SMILES string of the molecule is Cn1cc(Cl)c2ccc(C(C)(C)CC(=O)O)cc21. The van der Waals surface area contributed by atoms with Crippen molar-refractivity contribution in [1.29, 1.82) is 0 Å². The molecule has 1 heterocycles. The summed E-state index contributed by atoms with van der Waals surface area (Å²) in [7, 11) is 1.93. The zero-order chi connectivity index (χ0) is 13.5. The van der Waals surface area contributed by atoms with Gasteiger partial charge in [-0.3, -0.25) is 4.79 Å². The highest BCUT2D eigenvalue weighted by atomic mass is 35.5. The highest BCUT2D eigenvalue weighted by Gasteiger charge is 2.24. The van der Waals surface area contributed by atoms with Crippen molar-refractivity contribution in [1.82, 2.24) is 4.57 Å². The lowest BCUT2D eigenvalue weighted by Crippen LogP contribution is -2.21. The van der Waals surface area contributed by atoms with Gasteiger partial charge in [-0.15, -0.1) is 0 Å². The Bertz CT molecular complexity index is 614. The monoisotopic (exact) mass is 265 g/mol. The van der Waals surface area contributed by atoms with Gasteiger partial charge in [0, 0.05) is 29.6 Å². The first-order chi connectivity index (χ1) is 8.31. The molecule has 0 aliphatic rings. The first-order valence-corrected chi connectivity index (χ1v) is 6.16. The van der Waals surface area contributed by atoms with Gasteiger partial charge in [-0.25, -0.2) is 0 Å². The van der Waals surface area contributed by atoms with Crippen molar-refractivity contribution in [3.8, 4) is 0 Å². The number of carboxylic acid groups (broad SMARTS) is 1. The molecule has 0 unspecified atom stereocenters. The summed E-state index contributed by atoms with van der Waals surface area (Å²) in [6.45, 7) is 3.87. The Hall–Kier alpha value is -1.48. The molecule has 1 aromatic carbocycles. The molecule has 0 bridgehead atoms. The maximum atomic E-state index is 10.9. The Balaban J connectivity index is 2.53. The third-order valence-electron chi connectivity index (χ3n) is 3.32. The molecule has 1 aromatic heterocycles. The van der Waals surface area contributed by atoms with Crippen molar-refractivity contribution in [2.75, 3.05) is 0 Å². The quantitative estimate of drug-likeness (QED) is 0.922. The minimum atomic E-state index is -0.787. The zero-order valence-electron chi connectivity index (χ0n) is 10.7. The summed E-state index contributed by atoms with van der Waals surface area (Å²) in [5.41, 5.74) is 1.64. The van der Waals surface area contributed by atoms with Gasteiger partial charge in [0.2, 0.25) is 0 Å². The van der Waals surface area contributed by atoms with E-state index in [0.717, 1.165) is 21.5 Å². The molecule has 2 rings (SSSR count). The van der Waals surface area contributed by atoms with E-state index >= 15 is 0 Å². The Kier molecular flexibility index (Phi) is 3.11. The zero-order valence-corrected chi connectivity index (χ0v) is 11.5. The van der Waals surface area contributed by atoms with Crippen molar-refractivity contribution >= 4 is 28.5 Å². The molecule has 4 heteroatoms. The van der Waals surface area contributed by atoms with Crippen LogP contribution in [0.25, 0.3) is 10.9 Å². The van der Waals surface area contributed by atoms with Gasteiger partial charge in [-0.05, 0) is 11.6 Å². The number of hydrogen-bond donors (Lipinski definition) is 1. The van der Waals surface area contributed by atoms with Gasteiger partial charge < -0.3 is 9.67 Å². The Morgan fingerprint density at radius 1 is 1.44 bits per heavy atom. The Labute approximate surface area is 111 Å². The second-order valence-corrected chi connectivity index (χ2v) is 5.68. The largest absolute Gasteiger partial charge is 0.481 e. The van der Waals surface area contributed by atoms with Crippen LogP contribution in [0.4, 0.5) is 0 Å². The number of aliphatic carboxylic acids is 1. The topological polar surface area (TPSA) is 42.2 Å².